The lowest BCUT2D eigenvalue weighted by molar-refractivity contribution is -0.128. The summed E-state index contributed by atoms with van der Waals surface area (Å²) in [6.07, 6.45) is 10.7. The molecule has 0 saturated carbocycles. The Morgan fingerprint density at radius 2 is 1.14 bits per heavy atom. The van der Waals surface area contributed by atoms with Crippen LogP contribution >= 0.6 is 0 Å². The Balaban J connectivity index is 3.65. The van der Waals surface area contributed by atoms with Crippen molar-refractivity contribution in [3.05, 3.63) is 0 Å². The van der Waals surface area contributed by atoms with Crippen molar-refractivity contribution in [3.8, 4) is 0 Å². The van der Waals surface area contributed by atoms with Crippen LogP contribution in [-0.2, 0) is 9.53 Å². The Hall–Kier alpha value is -0.650. The average Bonchev–Trinajstić information content (AvgIpc) is 2.53. The molecule has 0 aromatic rings. The van der Waals surface area contributed by atoms with Crippen LogP contribution in [0.25, 0.3) is 0 Å². The molecule has 0 spiro atoms. The number of carbonyl (C=O) groups excluding carboxylic acids is 1. The Kier molecular flexibility index (Phi) is 17.9. The number of unbranched alkanes of at least 4 members (excludes halogenated alkanes) is 7. The summed E-state index contributed by atoms with van der Waals surface area (Å²) in [7, 11) is 0. The lowest BCUT2D eigenvalue weighted by atomic mass is 10.1. The molecule has 0 aliphatic rings. The van der Waals surface area contributed by atoms with Gasteiger partial charge in [0, 0.05) is 13.2 Å². The van der Waals surface area contributed by atoms with Gasteiger partial charge in [0.05, 0.1) is 6.61 Å². The zero-order valence-electron chi connectivity index (χ0n) is 14.0. The first kappa shape index (κ1) is 21.4. The molecule has 0 fully saturated rings. The SMILES string of the molecule is O=COCCCCCCN(CCCCO)CCCCCCO. The van der Waals surface area contributed by atoms with Crippen LogP contribution in [0.15, 0.2) is 0 Å². The number of nitrogens with zero attached hydrogens (tertiary/aromatic N) is 1. The average molecular weight is 317 g/mol. The molecule has 0 aliphatic heterocycles. The molecule has 0 radical (unpaired) electrons. The van der Waals surface area contributed by atoms with Crippen molar-refractivity contribution in [1.82, 2.24) is 4.90 Å². The molecule has 0 aromatic carbocycles. The molecule has 22 heavy (non-hydrogen) atoms. The molecule has 0 bridgehead atoms. The highest BCUT2D eigenvalue weighted by atomic mass is 16.5. The summed E-state index contributed by atoms with van der Waals surface area (Å²) in [5.41, 5.74) is 0. The van der Waals surface area contributed by atoms with Gasteiger partial charge in [0.25, 0.3) is 6.47 Å². The number of rotatable bonds is 18. The first-order chi connectivity index (χ1) is 10.8. The minimum absolute atomic E-state index is 0.279. The molecule has 0 aromatic heterocycles. The molecule has 0 heterocycles. The second-order valence-electron chi connectivity index (χ2n) is 5.79. The lowest BCUT2D eigenvalue weighted by Crippen LogP contribution is -2.27. The van der Waals surface area contributed by atoms with E-state index in [2.05, 4.69) is 9.64 Å². The predicted molar refractivity (Wildman–Crippen MR) is 88.8 cm³/mol. The summed E-state index contributed by atoms with van der Waals surface area (Å²) < 4.78 is 4.68. The van der Waals surface area contributed by atoms with Crippen molar-refractivity contribution in [2.24, 2.45) is 0 Å². The predicted octanol–water partition coefficient (Wildman–Crippen LogP) is 2.35. The van der Waals surface area contributed by atoms with E-state index < -0.39 is 0 Å². The van der Waals surface area contributed by atoms with Crippen molar-refractivity contribution in [2.75, 3.05) is 39.5 Å². The third-order valence-corrected chi connectivity index (χ3v) is 3.82. The number of ether oxygens (including phenoxy) is 1. The monoisotopic (exact) mass is 317 g/mol. The topological polar surface area (TPSA) is 70.0 Å². The van der Waals surface area contributed by atoms with Gasteiger partial charge in [-0.25, -0.2) is 0 Å². The van der Waals surface area contributed by atoms with Crippen LogP contribution in [0, 0.1) is 0 Å². The Labute approximate surface area is 135 Å². The van der Waals surface area contributed by atoms with Crippen molar-refractivity contribution < 1.29 is 19.7 Å². The Bertz CT molecular complexity index is 227. The molecule has 5 nitrogen and oxygen atoms in total. The molecule has 0 aliphatic carbocycles. The van der Waals surface area contributed by atoms with Gasteiger partial charge >= 0.3 is 0 Å². The highest BCUT2D eigenvalue weighted by molar-refractivity contribution is 5.36. The van der Waals surface area contributed by atoms with E-state index >= 15 is 0 Å². The van der Waals surface area contributed by atoms with Crippen LogP contribution in [0.5, 0.6) is 0 Å². The quantitative estimate of drug-likeness (QED) is 0.300. The molecular weight excluding hydrogens is 282 g/mol. The molecule has 0 unspecified atom stereocenters. The van der Waals surface area contributed by atoms with Gasteiger partial charge in [-0.2, -0.15) is 0 Å². The number of carbonyl (C=O) groups is 1. The molecule has 0 saturated heterocycles. The van der Waals surface area contributed by atoms with E-state index in [-0.39, 0.29) is 6.61 Å². The van der Waals surface area contributed by atoms with Crippen molar-refractivity contribution in [3.63, 3.8) is 0 Å². The van der Waals surface area contributed by atoms with Crippen LogP contribution in [0.3, 0.4) is 0 Å². The summed E-state index contributed by atoms with van der Waals surface area (Å²) in [5, 5.41) is 17.7. The third kappa shape index (κ3) is 15.7. The van der Waals surface area contributed by atoms with Crippen molar-refractivity contribution in [2.45, 2.75) is 64.2 Å². The molecule has 5 heteroatoms. The minimum Gasteiger partial charge on any atom is -0.468 e. The van der Waals surface area contributed by atoms with Crippen molar-refractivity contribution >= 4 is 6.47 Å². The van der Waals surface area contributed by atoms with Gasteiger partial charge in [-0.3, -0.25) is 4.79 Å². The summed E-state index contributed by atoms with van der Waals surface area (Å²) in [6.45, 7) is 4.92. The van der Waals surface area contributed by atoms with Crippen LogP contribution in [0.1, 0.15) is 64.2 Å². The van der Waals surface area contributed by atoms with Crippen LogP contribution in [0.4, 0.5) is 0 Å². The van der Waals surface area contributed by atoms with Crippen LogP contribution < -0.4 is 0 Å². The van der Waals surface area contributed by atoms with E-state index in [1.54, 1.807) is 0 Å². The van der Waals surface area contributed by atoms with E-state index in [4.69, 9.17) is 10.2 Å². The first-order valence-corrected chi connectivity index (χ1v) is 8.84. The second-order valence-corrected chi connectivity index (χ2v) is 5.79. The highest BCUT2D eigenvalue weighted by Gasteiger charge is 2.04. The summed E-state index contributed by atoms with van der Waals surface area (Å²) in [6, 6.07) is 0. The smallest absolute Gasteiger partial charge is 0.293 e. The van der Waals surface area contributed by atoms with Gasteiger partial charge in [-0.15, -0.1) is 0 Å². The molecular formula is C17H35NO4. The third-order valence-electron chi connectivity index (χ3n) is 3.82. The zero-order valence-corrected chi connectivity index (χ0v) is 14.0. The number of hydrogen-bond acceptors (Lipinski definition) is 5. The van der Waals surface area contributed by atoms with Gasteiger partial charge in [0.1, 0.15) is 0 Å². The fourth-order valence-electron chi connectivity index (χ4n) is 2.51. The van der Waals surface area contributed by atoms with E-state index in [1.165, 1.54) is 25.7 Å². The minimum atomic E-state index is 0.279. The number of aliphatic hydroxyl groups excluding tert-OH is 2. The van der Waals surface area contributed by atoms with E-state index in [0.29, 0.717) is 19.7 Å². The number of aliphatic hydroxyl groups is 2. The zero-order chi connectivity index (χ0) is 16.3. The molecule has 132 valence electrons. The summed E-state index contributed by atoms with van der Waals surface area (Å²) in [5.74, 6) is 0. The normalized spacial score (nSPS) is 11.0. The van der Waals surface area contributed by atoms with Crippen LogP contribution in [-0.4, -0.2) is 61.0 Å². The Morgan fingerprint density at radius 1 is 0.682 bits per heavy atom. The second kappa shape index (κ2) is 18.4. The van der Waals surface area contributed by atoms with E-state index in [9.17, 15) is 4.79 Å². The fourth-order valence-corrected chi connectivity index (χ4v) is 2.51. The van der Waals surface area contributed by atoms with Crippen LogP contribution in [0.2, 0.25) is 0 Å². The largest absolute Gasteiger partial charge is 0.468 e. The lowest BCUT2D eigenvalue weighted by Gasteiger charge is -2.22. The molecule has 0 amide bonds. The molecule has 0 atom stereocenters. The number of hydrogen-bond donors (Lipinski definition) is 2. The first-order valence-electron chi connectivity index (χ1n) is 8.84. The van der Waals surface area contributed by atoms with Gasteiger partial charge in [0.2, 0.25) is 0 Å². The van der Waals surface area contributed by atoms with Gasteiger partial charge in [-0.05, 0) is 58.2 Å². The van der Waals surface area contributed by atoms with Gasteiger partial charge < -0.3 is 19.8 Å². The van der Waals surface area contributed by atoms with E-state index in [1.807, 2.05) is 0 Å². The maximum Gasteiger partial charge on any atom is 0.293 e. The summed E-state index contributed by atoms with van der Waals surface area (Å²) in [4.78, 5) is 12.5. The Morgan fingerprint density at radius 3 is 1.68 bits per heavy atom. The fraction of sp³-hybridized carbons (Fsp3) is 0.941. The molecule has 2 N–H and O–H groups in total. The maximum absolute atomic E-state index is 10.0. The highest BCUT2D eigenvalue weighted by Crippen LogP contribution is 2.07. The standard InChI is InChI=1S/C17H35NO4/c19-14-8-3-1-5-11-18(13-7-9-15-20)12-6-2-4-10-16-22-17-21/h17,19-20H,1-16H2. The van der Waals surface area contributed by atoms with Crippen molar-refractivity contribution in [1.29, 1.82) is 0 Å². The maximum atomic E-state index is 10.0. The van der Waals surface area contributed by atoms with Gasteiger partial charge in [-0.1, -0.05) is 25.7 Å². The summed E-state index contributed by atoms with van der Waals surface area (Å²) >= 11 is 0. The van der Waals surface area contributed by atoms with E-state index in [0.717, 1.165) is 58.2 Å². The molecule has 0 rings (SSSR count). The van der Waals surface area contributed by atoms with Gasteiger partial charge in [0.15, 0.2) is 0 Å².